The van der Waals surface area contributed by atoms with E-state index >= 15 is 0 Å². The number of rotatable bonds is 7. The van der Waals surface area contributed by atoms with Crippen LogP contribution in [0.2, 0.25) is 0 Å². The normalized spacial score (nSPS) is 20.8. The quantitative estimate of drug-likeness (QED) is 0.752. The molecule has 1 aromatic carbocycles. The van der Waals surface area contributed by atoms with E-state index in [1.807, 2.05) is 0 Å². The van der Waals surface area contributed by atoms with Crippen molar-refractivity contribution < 1.29 is 14.0 Å². The maximum Gasteiger partial charge on any atom is 0.287 e. The average Bonchev–Trinajstić information content (AvgIpc) is 3.21. The molecule has 1 aliphatic rings. The fraction of sp³-hybridized carbons (Fsp3) is 0.478. The Morgan fingerprint density at radius 2 is 1.76 bits per heavy atom. The highest BCUT2D eigenvalue weighted by molar-refractivity contribution is 5.95. The number of likely N-dealkylation sites (tertiary alicyclic amines) is 1. The zero-order chi connectivity index (χ0) is 20.8. The first-order valence-electron chi connectivity index (χ1n) is 10.3. The molecule has 0 spiro atoms. The zero-order valence-electron chi connectivity index (χ0n) is 17.5. The van der Waals surface area contributed by atoms with Gasteiger partial charge in [0.05, 0.1) is 6.26 Å². The molecule has 3 atom stereocenters. The molecule has 0 radical (unpaired) electrons. The monoisotopic (exact) mass is 397 g/mol. The standard InChI is InChI=1S/C23H31N3O3/c1-16-11-17(2)14-26(13-16)15-20-8-6-19(7-9-20)12-24-22(27)18(3)25-23(28)21-5-4-10-29-21/h4-10,16-18H,11-15H2,1-3H3,(H,24,27)(H,25,28)/t16-,17+,18-/m1/s1. The van der Waals surface area contributed by atoms with Crippen LogP contribution in [0.5, 0.6) is 0 Å². The molecule has 2 amide bonds. The number of amides is 2. The van der Waals surface area contributed by atoms with Crippen LogP contribution in [0.15, 0.2) is 47.1 Å². The average molecular weight is 398 g/mol. The van der Waals surface area contributed by atoms with Gasteiger partial charge in [0.25, 0.3) is 5.91 Å². The molecule has 6 nitrogen and oxygen atoms in total. The molecule has 1 aromatic heterocycles. The zero-order valence-corrected chi connectivity index (χ0v) is 17.5. The maximum atomic E-state index is 12.2. The Morgan fingerprint density at radius 1 is 1.10 bits per heavy atom. The van der Waals surface area contributed by atoms with Crippen molar-refractivity contribution >= 4 is 11.8 Å². The van der Waals surface area contributed by atoms with Gasteiger partial charge in [-0.05, 0) is 48.4 Å². The van der Waals surface area contributed by atoms with Crippen LogP contribution in [0.4, 0.5) is 0 Å². The van der Waals surface area contributed by atoms with Gasteiger partial charge in [-0.1, -0.05) is 38.1 Å². The predicted molar refractivity (Wildman–Crippen MR) is 112 cm³/mol. The first kappa shape index (κ1) is 21.1. The molecule has 29 heavy (non-hydrogen) atoms. The van der Waals surface area contributed by atoms with Crippen molar-refractivity contribution in [1.82, 2.24) is 15.5 Å². The highest BCUT2D eigenvalue weighted by Gasteiger charge is 2.21. The highest BCUT2D eigenvalue weighted by Crippen LogP contribution is 2.22. The summed E-state index contributed by atoms with van der Waals surface area (Å²) < 4.78 is 5.04. The van der Waals surface area contributed by atoms with Gasteiger partial charge in [0.15, 0.2) is 5.76 Å². The smallest absolute Gasteiger partial charge is 0.287 e. The second-order valence-electron chi connectivity index (χ2n) is 8.35. The molecule has 0 unspecified atom stereocenters. The summed E-state index contributed by atoms with van der Waals surface area (Å²) in [5.74, 6) is 1.07. The first-order chi connectivity index (χ1) is 13.9. The predicted octanol–water partition coefficient (Wildman–Crippen LogP) is 3.19. The summed E-state index contributed by atoms with van der Waals surface area (Å²) in [4.78, 5) is 26.7. The van der Waals surface area contributed by atoms with Crippen molar-refractivity contribution in [3.8, 4) is 0 Å². The van der Waals surface area contributed by atoms with Gasteiger partial charge < -0.3 is 15.1 Å². The molecule has 2 heterocycles. The topological polar surface area (TPSA) is 74.6 Å². The summed E-state index contributed by atoms with van der Waals surface area (Å²) in [6.45, 7) is 10.0. The van der Waals surface area contributed by atoms with Crippen LogP contribution in [0.3, 0.4) is 0 Å². The summed E-state index contributed by atoms with van der Waals surface area (Å²) in [6.07, 6.45) is 2.74. The van der Waals surface area contributed by atoms with Crippen molar-refractivity contribution in [2.24, 2.45) is 11.8 Å². The molecule has 0 aliphatic carbocycles. The van der Waals surface area contributed by atoms with Crippen LogP contribution in [0, 0.1) is 11.8 Å². The molecule has 1 saturated heterocycles. The molecule has 0 bridgehead atoms. The van der Waals surface area contributed by atoms with Crippen LogP contribution < -0.4 is 10.6 Å². The number of hydrogen-bond acceptors (Lipinski definition) is 4. The Hall–Kier alpha value is -2.60. The van der Waals surface area contributed by atoms with Gasteiger partial charge in [-0.3, -0.25) is 14.5 Å². The van der Waals surface area contributed by atoms with E-state index in [1.165, 1.54) is 18.2 Å². The van der Waals surface area contributed by atoms with Crippen molar-refractivity contribution in [2.75, 3.05) is 13.1 Å². The van der Waals surface area contributed by atoms with E-state index in [-0.39, 0.29) is 11.7 Å². The highest BCUT2D eigenvalue weighted by atomic mass is 16.3. The second-order valence-corrected chi connectivity index (χ2v) is 8.35. The van der Waals surface area contributed by atoms with Gasteiger partial charge in [0.2, 0.25) is 5.91 Å². The summed E-state index contributed by atoms with van der Waals surface area (Å²) in [7, 11) is 0. The number of nitrogens with one attached hydrogen (secondary N) is 2. The van der Waals surface area contributed by atoms with E-state index in [4.69, 9.17) is 4.42 Å². The number of hydrogen-bond donors (Lipinski definition) is 2. The molecule has 156 valence electrons. The lowest BCUT2D eigenvalue weighted by atomic mass is 9.91. The summed E-state index contributed by atoms with van der Waals surface area (Å²) in [6, 6.07) is 10.9. The molecule has 0 saturated carbocycles. The minimum absolute atomic E-state index is 0.192. The molecule has 3 rings (SSSR count). The van der Waals surface area contributed by atoms with Crippen molar-refractivity contribution in [2.45, 2.75) is 46.3 Å². The van der Waals surface area contributed by atoms with Gasteiger partial charge in [-0.15, -0.1) is 0 Å². The number of furan rings is 1. The first-order valence-corrected chi connectivity index (χ1v) is 10.3. The van der Waals surface area contributed by atoms with Crippen LogP contribution >= 0.6 is 0 Å². The van der Waals surface area contributed by atoms with E-state index in [1.54, 1.807) is 19.1 Å². The fourth-order valence-electron chi connectivity index (χ4n) is 4.03. The minimum atomic E-state index is -0.644. The van der Waals surface area contributed by atoms with E-state index in [9.17, 15) is 9.59 Å². The molecule has 1 aliphatic heterocycles. The second kappa shape index (κ2) is 9.74. The maximum absolute atomic E-state index is 12.2. The fourth-order valence-corrected chi connectivity index (χ4v) is 4.03. The molecule has 2 N–H and O–H groups in total. The van der Waals surface area contributed by atoms with E-state index in [0.717, 1.165) is 37.0 Å². The Balaban J connectivity index is 1.44. The van der Waals surface area contributed by atoms with Crippen LogP contribution in [0.25, 0.3) is 0 Å². The summed E-state index contributed by atoms with van der Waals surface area (Å²) >= 11 is 0. The number of carbonyl (C=O) groups is 2. The van der Waals surface area contributed by atoms with Crippen molar-refractivity contribution in [1.29, 1.82) is 0 Å². The third kappa shape index (κ3) is 6.19. The minimum Gasteiger partial charge on any atom is -0.459 e. The molecular weight excluding hydrogens is 366 g/mol. The number of benzene rings is 1. The van der Waals surface area contributed by atoms with Gasteiger partial charge in [-0.25, -0.2) is 0 Å². The Labute approximate surface area is 172 Å². The lowest BCUT2D eigenvalue weighted by Gasteiger charge is -2.35. The van der Waals surface area contributed by atoms with E-state index in [2.05, 4.69) is 53.6 Å². The number of piperidine rings is 1. The van der Waals surface area contributed by atoms with Crippen LogP contribution in [-0.2, 0) is 17.9 Å². The largest absolute Gasteiger partial charge is 0.459 e. The Kier molecular flexibility index (Phi) is 7.09. The van der Waals surface area contributed by atoms with Gasteiger partial charge in [0.1, 0.15) is 6.04 Å². The lowest BCUT2D eigenvalue weighted by molar-refractivity contribution is -0.122. The third-order valence-corrected chi connectivity index (χ3v) is 5.33. The molecular formula is C23H31N3O3. The van der Waals surface area contributed by atoms with E-state index < -0.39 is 11.9 Å². The van der Waals surface area contributed by atoms with Crippen LogP contribution in [-0.4, -0.2) is 35.8 Å². The summed E-state index contributed by atoms with van der Waals surface area (Å²) in [5.41, 5.74) is 2.33. The molecule has 1 fully saturated rings. The molecule has 2 aromatic rings. The SMILES string of the molecule is C[C@@H]1C[C@H](C)CN(Cc2ccc(CNC(=O)[C@@H](C)NC(=O)c3ccco3)cc2)C1. The van der Waals surface area contributed by atoms with Gasteiger partial charge >= 0.3 is 0 Å². The van der Waals surface area contributed by atoms with Crippen molar-refractivity contribution in [3.63, 3.8) is 0 Å². The Morgan fingerprint density at radius 3 is 2.38 bits per heavy atom. The van der Waals surface area contributed by atoms with Gasteiger partial charge in [-0.2, -0.15) is 0 Å². The van der Waals surface area contributed by atoms with Crippen LogP contribution in [0.1, 0.15) is 48.9 Å². The lowest BCUT2D eigenvalue weighted by Crippen LogP contribution is -2.44. The number of nitrogens with zero attached hydrogens (tertiary/aromatic N) is 1. The van der Waals surface area contributed by atoms with Gasteiger partial charge in [0, 0.05) is 26.2 Å². The molecule has 6 heteroatoms. The number of carbonyl (C=O) groups excluding carboxylic acids is 2. The van der Waals surface area contributed by atoms with Crippen molar-refractivity contribution in [3.05, 3.63) is 59.5 Å². The van der Waals surface area contributed by atoms with E-state index in [0.29, 0.717) is 6.54 Å². The Bertz CT molecular complexity index is 791. The third-order valence-electron chi connectivity index (χ3n) is 5.33. The summed E-state index contributed by atoms with van der Waals surface area (Å²) in [5, 5.41) is 5.50.